The van der Waals surface area contributed by atoms with E-state index in [-0.39, 0.29) is 23.7 Å². The molecule has 0 unspecified atom stereocenters. The zero-order valence-electron chi connectivity index (χ0n) is 14.3. The molecule has 2 amide bonds. The van der Waals surface area contributed by atoms with Crippen molar-refractivity contribution in [2.75, 3.05) is 13.2 Å². The molecule has 1 fully saturated rings. The summed E-state index contributed by atoms with van der Waals surface area (Å²) < 4.78 is 0. The number of carbonyl (C=O) groups excluding carboxylic acids is 2. The Morgan fingerprint density at radius 2 is 1.64 bits per heavy atom. The van der Waals surface area contributed by atoms with Crippen LogP contribution in [0.4, 0.5) is 0 Å². The summed E-state index contributed by atoms with van der Waals surface area (Å²) in [6, 6.07) is -0.00103. The third-order valence-electron chi connectivity index (χ3n) is 3.85. The summed E-state index contributed by atoms with van der Waals surface area (Å²) in [7, 11) is 0. The van der Waals surface area contributed by atoms with E-state index < -0.39 is 11.8 Å². The number of carbonyl (C=O) groups is 2. The van der Waals surface area contributed by atoms with Gasteiger partial charge in [-0.15, -0.1) is 0 Å². The molecule has 128 valence electrons. The van der Waals surface area contributed by atoms with Gasteiger partial charge in [-0.2, -0.15) is 0 Å². The lowest BCUT2D eigenvalue weighted by molar-refractivity contribution is -0.140. The quantitative estimate of drug-likeness (QED) is 0.429. The van der Waals surface area contributed by atoms with Crippen molar-refractivity contribution in [3.8, 4) is 0 Å². The summed E-state index contributed by atoms with van der Waals surface area (Å²) in [5.74, 6) is -1.13. The first-order valence-corrected chi connectivity index (χ1v) is 8.14. The summed E-state index contributed by atoms with van der Waals surface area (Å²) in [5.41, 5.74) is -0.138. The highest BCUT2D eigenvalue weighted by atomic mass is 16.3. The molecule has 0 spiro atoms. The number of hydrogen-bond donors (Lipinski definition) is 4. The molecule has 22 heavy (non-hydrogen) atoms. The predicted octanol–water partition coefficient (Wildman–Crippen LogP) is 0.691. The molecule has 0 atom stereocenters. The van der Waals surface area contributed by atoms with E-state index in [2.05, 4.69) is 43.6 Å². The Hall–Kier alpha value is -1.14. The van der Waals surface area contributed by atoms with Crippen molar-refractivity contribution in [3.63, 3.8) is 0 Å². The minimum Gasteiger partial charge on any atom is -0.396 e. The van der Waals surface area contributed by atoms with Gasteiger partial charge in [0.15, 0.2) is 0 Å². The van der Waals surface area contributed by atoms with Crippen molar-refractivity contribution < 1.29 is 14.7 Å². The lowest BCUT2D eigenvalue weighted by Gasteiger charge is -2.46. The molecule has 1 aliphatic rings. The van der Waals surface area contributed by atoms with Crippen LogP contribution in [0.5, 0.6) is 0 Å². The zero-order chi connectivity index (χ0) is 16.8. The average molecular weight is 313 g/mol. The molecule has 6 heteroatoms. The van der Waals surface area contributed by atoms with Gasteiger partial charge in [0.1, 0.15) is 0 Å². The highest BCUT2D eigenvalue weighted by Gasteiger charge is 2.38. The first-order valence-electron chi connectivity index (χ1n) is 8.14. The highest BCUT2D eigenvalue weighted by molar-refractivity contribution is 6.35. The summed E-state index contributed by atoms with van der Waals surface area (Å²) in [5, 5.41) is 17.7. The van der Waals surface area contributed by atoms with E-state index in [0.29, 0.717) is 6.54 Å². The molecule has 4 N–H and O–H groups in total. The number of rotatable bonds is 6. The van der Waals surface area contributed by atoms with Crippen molar-refractivity contribution in [3.05, 3.63) is 0 Å². The van der Waals surface area contributed by atoms with Crippen LogP contribution in [0.1, 0.15) is 59.8 Å². The summed E-state index contributed by atoms with van der Waals surface area (Å²) >= 11 is 0. The van der Waals surface area contributed by atoms with E-state index in [0.717, 1.165) is 32.1 Å². The van der Waals surface area contributed by atoms with Crippen LogP contribution in [0.3, 0.4) is 0 Å². The van der Waals surface area contributed by atoms with Crippen LogP contribution < -0.4 is 16.0 Å². The predicted molar refractivity (Wildman–Crippen MR) is 86.4 cm³/mol. The molecule has 0 aromatic carbocycles. The number of aliphatic hydroxyl groups excluding tert-OH is 1. The second kappa shape index (κ2) is 7.92. The molecule has 1 heterocycles. The fourth-order valence-corrected chi connectivity index (χ4v) is 3.37. The molecule has 0 aromatic heterocycles. The molecular weight excluding hydrogens is 282 g/mol. The van der Waals surface area contributed by atoms with Crippen LogP contribution in [0.2, 0.25) is 0 Å². The van der Waals surface area contributed by atoms with Crippen LogP contribution in [0.15, 0.2) is 0 Å². The maximum absolute atomic E-state index is 12.0. The molecule has 6 nitrogen and oxygen atoms in total. The van der Waals surface area contributed by atoms with Crippen LogP contribution in [0.25, 0.3) is 0 Å². The molecule has 0 radical (unpaired) electrons. The summed E-state index contributed by atoms with van der Waals surface area (Å²) in [6.07, 6.45) is 3.93. The zero-order valence-corrected chi connectivity index (χ0v) is 14.3. The highest BCUT2D eigenvalue weighted by Crippen LogP contribution is 2.28. The number of hydrogen-bond acceptors (Lipinski definition) is 4. The number of aliphatic hydroxyl groups is 1. The lowest BCUT2D eigenvalue weighted by Crippen LogP contribution is -2.62. The van der Waals surface area contributed by atoms with E-state index in [4.69, 9.17) is 5.11 Å². The number of piperidine rings is 1. The fraction of sp³-hybridized carbons (Fsp3) is 0.875. The lowest BCUT2D eigenvalue weighted by atomic mass is 9.79. The van der Waals surface area contributed by atoms with Gasteiger partial charge < -0.3 is 21.1 Å². The van der Waals surface area contributed by atoms with Crippen molar-refractivity contribution in [2.45, 2.75) is 76.9 Å². The SMILES string of the molecule is CC1(C)CC(NC(=O)C(=O)NCCCCCO)CC(C)(C)N1. The Kier molecular flexibility index (Phi) is 6.81. The topological polar surface area (TPSA) is 90.5 Å². The molecule has 0 aromatic rings. The molecule has 0 saturated carbocycles. The van der Waals surface area contributed by atoms with Crippen molar-refractivity contribution in [1.29, 1.82) is 0 Å². The molecule has 0 bridgehead atoms. The minimum atomic E-state index is -0.571. The van der Waals surface area contributed by atoms with Crippen molar-refractivity contribution >= 4 is 11.8 Å². The normalized spacial score (nSPS) is 20.4. The van der Waals surface area contributed by atoms with Gasteiger partial charge in [0.25, 0.3) is 0 Å². The summed E-state index contributed by atoms with van der Waals surface area (Å²) in [4.78, 5) is 23.8. The monoisotopic (exact) mass is 313 g/mol. The van der Waals surface area contributed by atoms with Gasteiger partial charge in [-0.1, -0.05) is 0 Å². The van der Waals surface area contributed by atoms with Gasteiger partial charge in [0.05, 0.1) is 0 Å². The maximum Gasteiger partial charge on any atom is 0.309 e. The van der Waals surface area contributed by atoms with E-state index in [1.54, 1.807) is 0 Å². The Bertz CT molecular complexity index is 378. The average Bonchev–Trinajstić information content (AvgIpc) is 2.34. The maximum atomic E-state index is 12.0. The molecule has 1 saturated heterocycles. The second-order valence-electron chi connectivity index (χ2n) is 7.51. The standard InChI is InChI=1S/C16H31N3O3/c1-15(2)10-12(11-16(3,4)19-15)18-14(22)13(21)17-8-6-5-7-9-20/h12,19-20H,5-11H2,1-4H3,(H,17,21)(H,18,22). The van der Waals surface area contributed by atoms with E-state index in [1.807, 2.05) is 0 Å². The van der Waals surface area contributed by atoms with Crippen LogP contribution in [-0.4, -0.2) is 47.2 Å². The van der Waals surface area contributed by atoms with E-state index >= 15 is 0 Å². The number of amides is 2. The Balaban J connectivity index is 2.38. The molecule has 0 aliphatic carbocycles. The smallest absolute Gasteiger partial charge is 0.309 e. The Labute approximate surface area is 133 Å². The van der Waals surface area contributed by atoms with Gasteiger partial charge in [-0.05, 0) is 59.8 Å². The van der Waals surface area contributed by atoms with Gasteiger partial charge in [-0.3, -0.25) is 9.59 Å². The third kappa shape index (κ3) is 6.75. The molecular formula is C16H31N3O3. The molecule has 1 aliphatic heterocycles. The van der Waals surface area contributed by atoms with E-state index in [9.17, 15) is 9.59 Å². The van der Waals surface area contributed by atoms with Crippen LogP contribution >= 0.6 is 0 Å². The number of unbranched alkanes of at least 4 members (excludes halogenated alkanes) is 2. The fourth-order valence-electron chi connectivity index (χ4n) is 3.37. The minimum absolute atomic E-state index is 0.00103. The van der Waals surface area contributed by atoms with Crippen LogP contribution in [0, 0.1) is 0 Å². The number of nitrogens with one attached hydrogen (secondary N) is 3. The van der Waals surface area contributed by atoms with E-state index in [1.165, 1.54) is 0 Å². The van der Waals surface area contributed by atoms with Crippen molar-refractivity contribution in [2.24, 2.45) is 0 Å². The first kappa shape index (κ1) is 18.9. The third-order valence-corrected chi connectivity index (χ3v) is 3.85. The Morgan fingerprint density at radius 1 is 1.05 bits per heavy atom. The Morgan fingerprint density at radius 3 is 2.18 bits per heavy atom. The largest absolute Gasteiger partial charge is 0.396 e. The van der Waals surface area contributed by atoms with Crippen molar-refractivity contribution in [1.82, 2.24) is 16.0 Å². The second-order valence-corrected chi connectivity index (χ2v) is 7.51. The van der Waals surface area contributed by atoms with Gasteiger partial charge in [-0.25, -0.2) is 0 Å². The van der Waals surface area contributed by atoms with Crippen LogP contribution in [-0.2, 0) is 9.59 Å². The van der Waals surface area contributed by atoms with Gasteiger partial charge >= 0.3 is 11.8 Å². The van der Waals surface area contributed by atoms with Gasteiger partial charge in [0, 0.05) is 30.3 Å². The molecule has 1 rings (SSSR count). The van der Waals surface area contributed by atoms with Gasteiger partial charge in [0.2, 0.25) is 0 Å². The summed E-state index contributed by atoms with van der Waals surface area (Å²) in [6.45, 7) is 9.05. The first-order chi connectivity index (χ1) is 10.2.